The van der Waals surface area contributed by atoms with Crippen molar-refractivity contribution >= 4 is 11.9 Å². The Morgan fingerprint density at radius 3 is 2.73 bits per heavy atom. The van der Waals surface area contributed by atoms with Gasteiger partial charge in [-0.15, -0.1) is 12.3 Å². The third-order valence-electron chi connectivity index (χ3n) is 3.51. The highest BCUT2D eigenvalue weighted by Gasteiger charge is 2.39. The van der Waals surface area contributed by atoms with Crippen LogP contribution >= 0.6 is 0 Å². The van der Waals surface area contributed by atoms with Gasteiger partial charge in [0, 0.05) is 38.9 Å². The van der Waals surface area contributed by atoms with Crippen LogP contribution in [0.5, 0.6) is 0 Å². The fourth-order valence-electron chi connectivity index (χ4n) is 2.14. The summed E-state index contributed by atoms with van der Waals surface area (Å²) in [4.78, 5) is 23.3. The van der Waals surface area contributed by atoms with Crippen LogP contribution in [-0.2, 0) is 16.6 Å². The molecule has 2 heterocycles. The van der Waals surface area contributed by atoms with Crippen molar-refractivity contribution in [1.29, 1.82) is 0 Å². The minimum absolute atomic E-state index is 0.138. The molecule has 0 saturated heterocycles. The summed E-state index contributed by atoms with van der Waals surface area (Å²) in [6.45, 7) is 0. The molecule has 0 spiro atoms. The number of amides is 1. The number of rotatable bonds is 8. The molecule has 1 amide bonds. The first kappa shape index (κ1) is 15.7. The third kappa shape index (κ3) is 3.69. The number of carbonyl (C=O) groups is 2. The molecule has 0 saturated carbocycles. The molecule has 1 unspecified atom stereocenters. The Morgan fingerprint density at radius 1 is 1.50 bits per heavy atom. The predicted octanol–water partition coefficient (Wildman–Crippen LogP) is 1.02. The van der Waals surface area contributed by atoms with Gasteiger partial charge in [0.1, 0.15) is 0 Å². The molecule has 0 aliphatic carbocycles. The topological polar surface area (TPSA) is 109 Å². The Bertz CT molecular complexity index is 637. The number of aliphatic carboxylic acids is 1. The minimum atomic E-state index is -1.14. The first-order valence-corrected chi connectivity index (χ1v) is 6.85. The predicted molar refractivity (Wildman–Crippen MR) is 76.6 cm³/mol. The summed E-state index contributed by atoms with van der Waals surface area (Å²) >= 11 is 0. The number of terminal acetylenes is 1. The van der Waals surface area contributed by atoms with Gasteiger partial charge < -0.3 is 10.4 Å². The maximum absolute atomic E-state index is 12.0. The van der Waals surface area contributed by atoms with Gasteiger partial charge >= 0.3 is 5.97 Å². The molecule has 116 valence electrons. The lowest BCUT2D eigenvalue weighted by Gasteiger charge is -2.15. The van der Waals surface area contributed by atoms with Gasteiger partial charge in [-0.25, -0.2) is 4.79 Å². The molecule has 0 aromatic carbocycles. The van der Waals surface area contributed by atoms with Crippen LogP contribution in [0.25, 0.3) is 0 Å². The molecule has 1 atom stereocenters. The Morgan fingerprint density at radius 2 is 2.23 bits per heavy atom. The van der Waals surface area contributed by atoms with Crippen molar-refractivity contribution in [2.75, 3.05) is 0 Å². The Balaban J connectivity index is 1.89. The molecule has 22 heavy (non-hydrogen) atoms. The smallest absolute Gasteiger partial charge is 0.332 e. The summed E-state index contributed by atoms with van der Waals surface area (Å²) in [7, 11) is 1.62. The standard InChI is InChI=1S/C14H17N5O3/c1-3-4-7-14(17-18-14)8-5-11(20)16-12(13(21)22)10-6-9-15-19(10)2/h1,6,9,12H,4-5,7-8H2,2H3,(H,16,20)(H,21,22). The molecule has 1 aromatic rings. The SMILES string of the molecule is C#CCCC1(CCC(=O)NC(C(=O)O)c2ccnn2C)N=N1. The van der Waals surface area contributed by atoms with E-state index in [-0.39, 0.29) is 12.3 Å². The number of aromatic nitrogens is 2. The molecule has 0 fully saturated rings. The van der Waals surface area contributed by atoms with Crippen LogP contribution in [0.3, 0.4) is 0 Å². The fourth-order valence-corrected chi connectivity index (χ4v) is 2.14. The van der Waals surface area contributed by atoms with Crippen LogP contribution in [0, 0.1) is 12.3 Å². The summed E-state index contributed by atoms with van der Waals surface area (Å²) in [6, 6.07) is 0.425. The first-order valence-electron chi connectivity index (χ1n) is 6.85. The minimum Gasteiger partial charge on any atom is -0.479 e. The average molecular weight is 303 g/mol. The second kappa shape index (κ2) is 6.39. The van der Waals surface area contributed by atoms with Crippen molar-refractivity contribution in [2.24, 2.45) is 17.3 Å². The highest BCUT2D eigenvalue weighted by atomic mass is 16.4. The zero-order valence-corrected chi connectivity index (χ0v) is 12.2. The van der Waals surface area contributed by atoms with Crippen molar-refractivity contribution in [3.05, 3.63) is 18.0 Å². The van der Waals surface area contributed by atoms with E-state index in [1.54, 1.807) is 13.1 Å². The number of aryl methyl sites for hydroxylation is 1. The van der Waals surface area contributed by atoms with E-state index in [9.17, 15) is 14.7 Å². The molecular formula is C14H17N5O3. The summed E-state index contributed by atoms with van der Waals surface area (Å²) in [6.07, 6.45) is 8.40. The van der Waals surface area contributed by atoms with E-state index in [1.807, 2.05) is 0 Å². The van der Waals surface area contributed by atoms with E-state index in [2.05, 4.69) is 26.6 Å². The number of hydrogen-bond donors (Lipinski definition) is 2. The molecular weight excluding hydrogens is 286 g/mol. The highest BCUT2D eigenvalue weighted by molar-refractivity contribution is 5.84. The number of nitrogens with zero attached hydrogens (tertiary/aromatic N) is 4. The lowest BCUT2D eigenvalue weighted by Crippen LogP contribution is -2.35. The molecule has 2 rings (SSSR count). The Labute approximate surface area is 127 Å². The van der Waals surface area contributed by atoms with Gasteiger partial charge in [0.05, 0.1) is 5.69 Å². The van der Waals surface area contributed by atoms with Gasteiger partial charge in [-0.05, 0) is 6.07 Å². The van der Waals surface area contributed by atoms with E-state index in [1.165, 1.54) is 10.9 Å². The monoisotopic (exact) mass is 303 g/mol. The van der Waals surface area contributed by atoms with Crippen molar-refractivity contribution in [3.63, 3.8) is 0 Å². The lowest BCUT2D eigenvalue weighted by atomic mass is 10.0. The quantitative estimate of drug-likeness (QED) is 0.699. The van der Waals surface area contributed by atoms with Crippen LogP contribution in [0.15, 0.2) is 22.5 Å². The molecule has 1 aromatic heterocycles. The summed E-state index contributed by atoms with van der Waals surface area (Å²) in [5.74, 6) is 1.01. The largest absolute Gasteiger partial charge is 0.479 e. The third-order valence-corrected chi connectivity index (χ3v) is 3.51. The Hall–Kier alpha value is -2.69. The molecule has 0 bridgehead atoms. The van der Waals surface area contributed by atoms with Gasteiger partial charge in [0.2, 0.25) is 5.91 Å². The maximum Gasteiger partial charge on any atom is 0.332 e. The van der Waals surface area contributed by atoms with Gasteiger partial charge in [0.15, 0.2) is 11.7 Å². The maximum atomic E-state index is 12.0. The summed E-state index contributed by atoms with van der Waals surface area (Å²) < 4.78 is 1.42. The molecule has 8 heteroatoms. The van der Waals surface area contributed by atoms with E-state index < -0.39 is 17.7 Å². The van der Waals surface area contributed by atoms with E-state index >= 15 is 0 Å². The van der Waals surface area contributed by atoms with Crippen LogP contribution in [0.4, 0.5) is 0 Å². The number of carboxylic acids is 1. The summed E-state index contributed by atoms with van der Waals surface area (Å²) in [5, 5.41) is 23.5. The van der Waals surface area contributed by atoms with Gasteiger partial charge in [-0.2, -0.15) is 15.3 Å². The second-order valence-corrected chi connectivity index (χ2v) is 5.11. The summed E-state index contributed by atoms with van der Waals surface area (Å²) in [5.41, 5.74) is -0.140. The molecule has 2 N–H and O–H groups in total. The zero-order chi connectivity index (χ0) is 16.2. The average Bonchev–Trinajstić information content (AvgIpc) is 3.14. The van der Waals surface area contributed by atoms with Crippen molar-refractivity contribution in [1.82, 2.24) is 15.1 Å². The van der Waals surface area contributed by atoms with Crippen LogP contribution < -0.4 is 5.32 Å². The highest BCUT2D eigenvalue weighted by Crippen LogP contribution is 2.37. The van der Waals surface area contributed by atoms with Crippen LogP contribution in [0.1, 0.15) is 37.4 Å². The number of hydrogen-bond acceptors (Lipinski definition) is 5. The van der Waals surface area contributed by atoms with Gasteiger partial charge in [0.25, 0.3) is 0 Å². The number of carbonyl (C=O) groups excluding carboxylic acids is 1. The van der Waals surface area contributed by atoms with Gasteiger partial charge in [-0.1, -0.05) is 0 Å². The van der Waals surface area contributed by atoms with Crippen molar-refractivity contribution in [3.8, 4) is 12.3 Å². The van der Waals surface area contributed by atoms with E-state index in [4.69, 9.17) is 6.42 Å². The number of carboxylic acid groups (broad SMARTS) is 1. The normalized spacial score (nSPS) is 15.8. The second-order valence-electron chi connectivity index (χ2n) is 5.11. The Kier molecular flexibility index (Phi) is 4.56. The molecule has 8 nitrogen and oxygen atoms in total. The fraction of sp³-hybridized carbons (Fsp3) is 0.500. The number of nitrogens with one attached hydrogen (secondary N) is 1. The van der Waals surface area contributed by atoms with Gasteiger partial charge in [-0.3, -0.25) is 9.48 Å². The first-order chi connectivity index (χ1) is 10.5. The van der Waals surface area contributed by atoms with Crippen molar-refractivity contribution in [2.45, 2.75) is 37.4 Å². The molecule has 1 aliphatic rings. The van der Waals surface area contributed by atoms with E-state index in [0.717, 1.165) is 0 Å². The molecule has 0 radical (unpaired) electrons. The zero-order valence-electron chi connectivity index (χ0n) is 12.2. The van der Waals surface area contributed by atoms with E-state index in [0.29, 0.717) is 25.0 Å². The van der Waals surface area contributed by atoms with Crippen molar-refractivity contribution < 1.29 is 14.7 Å². The van der Waals surface area contributed by atoms with Crippen LogP contribution in [-0.4, -0.2) is 32.4 Å². The molecule has 1 aliphatic heterocycles. The lowest BCUT2D eigenvalue weighted by molar-refractivity contribution is -0.142. The van der Waals surface area contributed by atoms with Crippen LogP contribution in [0.2, 0.25) is 0 Å².